The highest BCUT2D eigenvalue weighted by atomic mass is 32.2. The standard InChI is InChI=1S/C5H12O4S2/c1-5(2,8-10(3)6)9-11(4)7/h1-4H3. The molecule has 0 N–H and O–H groups in total. The molecule has 0 aliphatic rings. The molecule has 0 bridgehead atoms. The summed E-state index contributed by atoms with van der Waals surface area (Å²) in [6.45, 7) is 3.10. The van der Waals surface area contributed by atoms with Crippen LogP contribution in [0.1, 0.15) is 13.8 Å². The summed E-state index contributed by atoms with van der Waals surface area (Å²) in [4.78, 5) is 0. The Labute approximate surface area is 71.6 Å². The van der Waals surface area contributed by atoms with Crippen LogP contribution in [-0.4, -0.2) is 26.7 Å². The quantitative estimate of drug-likeness (QED) is 0.614. The molecule has 0 radical (unpaired) electrons. The third-order valence-corrected chi connectivity index (χ3v) is 1.91. The maximum absolute atomic E-state index is 10.6. The summed E-state index contributed by atoms with van der Waals surface area (Å²) in [5.41, 5.74) is 0. The van der Waals surface area contributed by atoms with Crippen molar-refractivity contribution in [2.75, 3.05) is 12.5 Å². The highest BCUT2D eigenvalue weighted by Gasteiger charge is 2.23. The van der Waals surface area contributed by atoms with Crippen molar-refractivity contribution in [3.05, 3.63) is 0 Å². The van der Waals surface area contributed by atoms with Crippen molar-refractivity contribution in [1.82, 2.24) is 0 Å². The molecule has 0 aromatic heterocycles. The Kier molecular flexibility index (Phi) is 4.38. The van der Waals surface area contributed by atoms with E-state index in [1.54, 1.807) is 13.8 Å². The van der Waals surface area contributed by atoms with E-state index < -0.39 is 27.9 Å². The summed E-state index contributed by atoms with van der Waals surface area (Å²) < 4.78 is 30.7. The van der Waals surface area contributed by atoms with Crippen molar-refractivity contribution in [2.24, 2.45) is 0 Å². The van der Waals surface area contributed by atoms with E-state index >= 15 is 0 Å². The van der Waals surface area contributed by atoms with Gasteiger partial charge in [-0.3, -0.25) is 8.37 Å². The molecule has 11 heavy (non-hydrogen) atoms. The molecule has 0 saturated carbocycles. The fourth-order valence-electron chi connectivity index (χ4n) is 0.579. The molecule has 0 fully saturated rings. The summed E-state index contributed by atoms with van der Waals surface area (Å²) in [5.74, 6) is -1.06. The van der Waals surface area contributed by atoms with Crippen molar-refractivity contribution in [3.8, 4) is 0 Å². The first-order valence-corrected chi connectivity index (χ1v) is 5.86. The van der Waals surface area contributed by atoms with Crippen molar-refractivity contribution in [3.63, 3.8) is 0 Å². The van der Waals surface area contributed by atoms with Crippen LogP contribution in [0.5, 0.6) is 0 Å². The molecule has 4 nitrogen and oxygen atoms in total. The molecular weight excluding hydrogens is 188 g/mol. The van der Waals surface area contributed by atoms with Crippen LogP contribution in [-0.2, 0) is 30.5 Å². The first kappa shape index (κ1) is 11.2. The van der Waals surface area contributed by atoms with Gasteiger partial charge in [0.05, 0.1) is 0 Å². The van der Waals surface area contributed by atoms with Crippen LogP contribution in [0.25, 0.3) is 0 Å². The van der Waals surface area contributed by atoms with Gasteiger partial charge in [-0.05, 0) is 13.8 Å². The van der Waals surface area contributed by atoms with Gasteiger partial charge in [0.15, 0.2) is 27.9 Å². The van der Waals surface area contributed by atoms with Crippen LogP contribution in [0.2, 0.25) is 0 Å². The van der Waals surface area contributed by atoms with Crippen molar-refractivity contribution in [1.29, 1.82) is 0 Å². The smallest absolute Gasteiger partial charge is 0.193 e. The van der Waals surface area contributed by atoms with Crippen LogP contribution in [0, 0.1) is 0 Å². The summed E-state index contributed by atoms with van der Waals surface area (Å²) in [7, 11) is 0. The molecule has 0 rings (SSSR count). The van der Waals surface area contributed by atoms with Crippen molar-refractivity contribution < 1.29 is 16.8 Å². The predicted molar refractivity (Wildman–Crippen MR) is 44.4 cm³/mol. The molecule has 0 saturated heterocycles. The van der Waals surface area contributed by atoms with Gasteiger partial charge in [0.1, 0.15) is 0 Å². The molecule has 6 heteroatoms. The molecular formula is C5H12O4S2. The highest BCUT2D eigenvalue weighted by Crippen LogP contribution is 2.13. The fourth-order valence-corrected chi connectivity index (χ4v) is 1.82. The summed E-state index contributed by atoms with van der Waals surface area (Å²) in [5, 5.41) is 0. The van der Waals surface area contributed by atoms with E-state index in [0.717, 1.165) is 0 Å². The Morgan fingerprint density at radius 3 is 1.45 bits per heavy atom. The average molecular weight is 200 g/mol. The lowest BCUT2D eigenvalue weighted by Crippen LogP contribution is -2.29. The first-order chi connectivity index (χ1) is 4.83. The van der Waals surface area contributed by atoms with Crippen LogP contribution < -0.4 is 0 Å². The van der Waals surface area contributed by atoms with Crippen molar-refractivity contribution in [2.45, 2.75) is 19.6 Å². The molecule has 68 valence electrons. The van der Waals surface area contributed by atoms with Crippen LogP contribution >= 0.6 is 0 Å². The minimum Gasteiger partial charge on any atom is -0.255 e. The van der Waals surface area contributed by atoms with E-state index in [9.17, 15) is 8.42 Å². The Bertz CT molecular complexity index is 159. The molecule has 0 aromatic carbocycles. The topological polar surface area (TPSA) is 52.6 Å². The van der Waals surface area contributed by atoms with Gasteiger partial charge in [0.25, 0.3) is 0 Å². The fraction of sp³-hybridized carbons (Fsp3) is 1.00. The van der Waals surface area contributed by atoms with E-state index in [4.69, 9.17) is 8.37 Å². The predicted octanol–water partition coefficient (Wildman–Crippen LogP) is 0.343. The van der Waals surface area contributed by atoms with Gasteiger partial charge in [0.2, 0.25) is 0 Å². The third-order valence-electron chi connectivity index (χ3n) is 0.636. The van der Waals surface area contributed by atoms with Gasteiger partial charge >= 0.3 is 0 Å². The van der Waals surface area contributed by atoms with E-state index in [1.807, 2.05) is 0 Å². The van der Waals surface area contributed by atoms with E-state index in [1.165, 1.54) is 12.5 Å². The Hall–Kier alpha value is 0.220. The second-order valence-electron chi connectivity index (χ2n) is 2.37. The summed E-state index contributed by atoms with van der Waals surface area (Å²) >= 11 is -2.82. The van der Waals surface area contributed by atoms with E-state index in [0.29, 0.717) is 0 Å². The Morgan fingerprint density at radius 1 is 1.00 bits per heavy atom. The Balaban J connectivity index is 3.99. The lowest BCUT2D eigenvalue weighted by Gasteiger charge is -2.20. The number of rotatable bonds is 4. The molecule has 0 aliphatic heterocycles. The zero-order valence-electron chi connectivity index (χ0n) is 6.95. The summed E-state index contributed by atoms with van der Waals surface area (Å²) in [6.07, 6.45) is 2.76. The SMILES string of the molecule is CS(=O)OC(C)(C)OS(C)=O. The monoisotopic (exact) mass is 200 g/mol. The van der Waals surface area contributed by atoms with Gasteiger partial charge < -0.3 is 0 Å². The second kappa shape index (κ2) is 4.30. The second-order valence-corrected chi connectivity index (χ2v) is 4.31. The molecule has 0 spiro atoms. The largest absolute Gasteiger partial charge is 0.255 e. The number of hydrogen-bond donors (Lipinski definition) is 0. The van der Waals surface area contributed by atoms with E-state index in [2.05, 4.69) is 0 Å². The molecule has 2 atom stereocenters. The van der Waals surface area contributed by atoms with Crippen LogP contribution in [0.15, 0.2) is 0 Å². The lowest BCUT2D eigenvalue weighted by atomic mass is 10.4. The lowest BCUT2D eigenvalue weighted by molar-refractivity contribution is -0.0606. The normalized spacial score (nSPS) is 17.8. The van der Waals surface area contributed by atoms with E-state index in [-0.39, 0.29) is 0 Å². The molecule has 0 aliphatic carbocycles. The van der Waals surface area contributed by atoms with Gasteiger partial charge in [-0.2, -0.15) is 0 Å². The van der Waals surface area contributed by atoms with Gasteiger partial charge in [0, 0.05) is 12.5 Å². The summed E-state index contributed by atoms with van der Waals surface area (Å²) in [6, 6.07) is 0. The third kappa shape index (κ3) is 6.61. The van der Waals surface area contributed by atoms with Crippen LogP contribution in [0.3, 0.4) is 0 Å². The zero-order chi connectivity index (χ0) is 9.07. The van der Waals surface area contributed by atoms with Gasteiger partial charge in [-0.1, -0.05) is 0 Å². The van der Waals surface area contributed by atoms with Crippen molar-refractivity contribution >= 4 is 22.2 Å². The van der Waals surface area contributed by atoms with Gasteiger partial charge in [-0.25, -0.2) is 8.42 Å². The average Bonchev–Trinajstić information content (AvgIpc) is 1.53. The minimum atomic E-state index is -1.41. The van der Waals surface area contributed by atoms with Crippen LogP contribution in [0.4, 0.5) is 0 Å². The first-order valence-electron chi connectivity index (χ1n) is 2.89. The molecule has 2 unspecified atom stereocenters. The molecule has 0 amide bonds. The maximum atomic E-state index is 10.6. The highest BCUT2D eigenvalue weighted by molar-refractivity contribution is 7.80. The van der Waals surface area contributed by atoms with Gasteiger partial charge in [-0.15, -0.1) is 0 Å². The number of hydrogen-bond acceptors (Lipinski definition) is 4. The molecule has 0 heterocycles. The molecule has 0 aromatic rings. The zero-order valence-corrected chi connectivity index (χ0v) is 8.58. The maximum Gasteiger partial charge on any atom is 0.193 e. The Morgan fingerprint density at radius 2 is 1.27 bits per heavy atom. The minimum absolute atomic E-state index is 1.06.